The quantitative estimate of drug-likeness (QED) is 0.623. The predicted octanol–water partition coefficient (Wildman–Crippen LogP) is 3.66. The molecule has 1 amide bonds. The van der Waals surface area contributed by atoms with Gasteiger partial charge in [0.25, 0.3) is 0 Å². The van der Waals surface area contributed by atoms with Crippen molar-refractivity contribution in [3.8, 4) is 11.5 Å². The average molecular weight is 403 g/mol. The molecule has 0 heterocycles. The highest BCUT2D eigenvalue weighted by Gasteiger charge is 2.13. The van der Waals surface area contributed by atoms with Gasteiger partial charge in [-0.1, -0.05) is 32.0 Å². The first kappa shape index (κ1) is 22.7. The summed E-state index contributed by atoms with van der Waals surface area (Å²) in [7, 11) is 3.26. The maximum atomic E-state index is 13.3. The molecular weight excluding hydrogens is 371 g/mol. The number of benzene rings is 2. The van der Waals surface area contributed by atoms with E-state index in [0.29, 0.717) is 24.0 Å². The highest BCUT2D eigenvalue weighted by molar-refractivity contribution is 5.77. The summed E-state index contributed by atoms with van der Waals surface area (Å²) < 4.78 is 24.6. The van der Waals surface area contributed by atoms with Crippen LogP contribution in [-0.2, 0) is 17.8 Å². The summed E-state index contributed by atoms with van der Waals surface area (Å²) in [5, 5.41) is 2.68. The second-order valence-electron chi connectivity index (χ2n) is 7.46. The van der Waals surface area contributed by atoms with Crippen LogP contribution in [0.15, 0.2) is 42.5 Å². The molecule has 2 aromatic carbocycles. The largest absolute Gasteiger partial charge is 0.493 e. The SMILES string of the molecule is CNC(=O)CN(CCc1ccc(OCc2cccc(F)c2)c(OC)c1)CC(C)C. The first-order valence-corrected chi connectivity index (χ1v) is 9.88. The number of ether oxygens (including phenoxy) is 2. The fourth-order valence-corrected chi connectivity index (χ4v) is 3.10. The van der Waals surface area contributed by atoms with E-state index >= 15 is 0 Å². The molecule has 1 N–H and O–H groups in total. The maximum absolute atomic E-state index is 13.3. The van der Waals surface area contributed by atoms with E-state index in [-0.39, 0.29) is 18.3 Å². The number of rotatable bonds is 11. The van der Waals surface area contributed by atoms with Gasteiger partial charge in [0, 0.05) is 20.1 Å². The Balaban J connectivity index is 1.99. The standard InChI is InChI=1S/C23H31FN2O3/c1-17(2)14-26(15-23(27)25-3)11-10-18-8-9-21(22(13-18)28-4)29-16-19-6-5-7-20(24)12-19/h5-9,12-13,17H,10-11,14-16H2,1-4H3,(H,25,27). The van der Waals surface area contributed by atoms with E-state index in [1.54, 1.807) is 20.2 Å². The van der Waals surface area contributed by atoms with Gasteiger partial charge in [0.1, 0.15) is 12.4 Å². The molecule has 158 valence electrons. The maximum Gasteiger partial charge on any atom is 0.233 e. The molecule has 0 bridgehead atoms. The minimum atomic E-state index is -0.281. The summed E-state index contributed by atoms with van der Waals surface area (Å²) >= 11 is 0. The molecule has 0 saturated carbocycles. The average Bonchev–Trinajstić information content (AvgIpc) is 2.70. The number of carbonyl (C=O) groups excluding carboxylic acids is 1. The second kappa shape index (κ2) is 11.4. The highest BCUT2D eigenvalue weighted by Crippen LogP contribution is 2.29. The van der Waals surface area contributed by atoms with E-state index in [1.165, 1.54) is 12.1 Å². The number of carbonyl (C=O) groups is 1. The normalized spacial score (nSPS) is 11.0. The predicted molar refractivity (Wildman–Crippen MR) is 113 cm³/mol. The molecule has 0 aliphatic carbocycles. The Morgan fingerprint density at radius 1 is 1.14 bits per heavy atom. The van der Waals surface area contributed by atoms with Crippen LogP contribution in [0.5, 0.6) is 11.5 Å². The Morgan fingerprint density at radius 2 is 1.93 bits per heavy atom. The van der Waals surface area contributed by atoms with E-state index < -0.39 is 0 Å². The molecule has 29 heavy (non-hydrogen) atoms. The Morgan fingerprint density at radius 3 is 2.59 bits per heavy atom. The number of halogens is 1. The Kier molecular flexibility index (Phi) is 8.93. The van der Waals surface area contributed by atoms with Gasteiger partial charge in [0.15, 0.2) is 11.5 Å². The van der Waals surface area contributed by atoms with E-state index in [0.717, 1.165) is 30.6 Å². The van der Waals surface area contributed by atoms with Crippen molar-refractivity contribution in [2.75, 3.05) is 33.8 Å². The van der Waals surface area contributed by atoms with Crippen molar-refractivity contribution >= 4 is 5.91 Å². The minimum Gasteiger partial charge on any atom is -0.493 e. The zero-order chi connectivity index (χ0) is 21.2. The van der Waals surface area contributed by atoms with Gasteiger partial charge in [-0.2, -0.15) is 0 Å². The van der Waals surface area contributed by atoms with Crippen LogP contribution >= 0.6 is 0 Å². The van der Waals surface area contributed by atoms with Gasteiger partial charge in [-0.3, -0.25) is 9.69 Å². The molecule has 0 unspecified atom stereocenters. The fourth-order valence-electron chi connectivity index (χ4n) is 3.10. The van der Waals surface area contributed by atoms with Gasteiger partial charge in [-0.25, -0.2) is 4.39 Å². The van der Waals surface area contributed by atoms with Crippen LogP contribution in [0, 0.1) is 11.7 Å². The number of nitrogens with one attached hydrogen (secondary N) is 1. The first-order valence-electron chi connectivity index (χ1n) is 9.88. The number of likely N-dealkylation sites (N-methyl/N-ethyl adjacent to an activating group) is 1. The van der Waals surface area contributed by atoms with Gasteiger partial charge >= 0.3 is 0 Å². The summed E-state index contributed by atoms with van der Waals surface area (Å²) in [4.78, 5) is 13.9. The van der Waals surface area contributed by atoms with Gasteiger partial charge < -0.3 is 14.8 Å². The summed E-state index contributed by atoms with van der Waals surface area (Å²) in [6.45, 7) is 6.58. The summed E-state index contributed by atoms with van der Waals surface area (Å²) in [5.41, 5.74) is 1.86. The van der Waals surface area contributed by atoms with Crippen LogP contribution in [0.25, 0.3) is 0 Å². The Labute approximate surface area is 172 Å². The molecule has 0 saturated heterocycles. The molecule has 2 aromatic rings. The molecule has 2 rings (SSSR count). The first-order chi connectivity index (χ1) is 13.9. The van der Waals surface area contributed by atoms with Crippen LogP contribution in [0.3, 0.4) is 0 Å². The van der Waals surface area contributed by atoms with Crippen LogP contribution in [0.4, 0.5) is 4.39 Å². The third kappa shape index (κ3) is 7.74. The Bertz CT molecular complexity index is 795. The third-order valence-corrected chi connectivity index (χ3v) is 4.50. The molecule has 0 aromatic heterocycles. The number of methoxy groups -OCH3 is 1. The van der Waals surface area contributed by atoms with Crippen molar-refractivity contribution in [2.45, 2.75) is 26.9 Å². The molecular formula is C23H31FN2O3. The zero-order valence-electron chi connectivity index (χ0n) is 17.7. The molecule has 0 aliphatic rings. The third-order valence-electron chi connectivity index (χ3n) is 4.50. The molecule has 0 atom stereocenters. The van der Waals surface area contributed by atoms with Crippen molar-refractivity contribution < 1.29 is 18.7 Å². The molecule has 0 fully saturated rings. The summed E-state index contributed by atoms with van der Waals surface area (Å²) in [6, 6.07) is 12.2. The highest BCUT2D eigenvalue weighted by atomic mass is 19.1. The van der Waals surface area contributed by atoms with Gasteiger partial charge in [-0.15, -0.1) is 0 Å². The lowest BCUT2D eigenvalue weighted by Crippen LogP contribution is -2.38. The lowest BCUT2D eigenvalue weighted by atomic mass is 10.1. The van der Waals surface area contributed by atoms with Crippen molar-refractivity contribution in [3.05, 3.63) is 59.4 Å². The Hall–Kier alpha value is -2.60. The number of hydrogen-bond donors (Lipinski definition) is 1. The van der Waals surface area contributed by atoms with Crippen LogP contribution in [0.1, 0.15) is 25.0 Å². The zero-order valence-corrected chi connectivity index (χ0v) is 17.7. The molecule has 0 aliphatic heterocycles. The van der Waals surface area contributed by atoms with Crippen molar-refractivity contribution in [3.63, 3.8) is 0 Å². The lowest BCUT2D eigenvalue weighted by molar-refractivity contribution is -0.121. The summed E-state index contributed by atoms with van der Waals surface area (Å²) in [5.74, 6) is 1.47. The van der Waals surface area contributed by atoms with Crippen LogP contribution < -0.4 is 14.8 Å². The number of amides is 1. The molecule has 0 spiro atoms. The number of nitrogens with zero attached hydrogens (tertiary/aromatic N) is 1. The van der Waals surface area contributed by atoms with Gasteiger partial charge in [-0.05, 0) is 47.7 Å². The topological polar surface area (TPSA) is 50.8 Å². The van der Waals surface area contributed by atoms with E-state index in [9.17, 15) is 9.18 Å². The molecule has 5 nitrogen and oxygen atoms in total. The fraction of sp³-hybridized carbons (Fsp3) is 0.435. The van der Waals surface area contributed by atoms with E-state index in [2.05, 4.69) is 24.1 Å². The monoisotopic (exact) mass is 402 g/mol. The van der Waals surface area contributed by atoms with E-state index in [1.807, 2.05) is 24.3 Å². The van der Waals surface area contributed by atoms with Crippen molar-refractivity contribution in [2.24, 2.45) is 5.92 Å². The van der Waals surface area contributed by atoms with Gasteiger partial charge in [0.05, 0.1) is 13.7 Å². The smallest absolute Gasteiger partial charge is 0.233 e. The molecule has 0 radical (unpaired) electrons. The summed E-state index contributed by atoms with van der Waals surface area (Å²) in [6.07, 6.45) is 0.796. The lowest BCUT2D eigenvalue weighted by Gasteiger charge is -2.23. The van der Waals surface area contributed by atoms with Crippen molar-refractivity contribution in [1.29, 1.82) is 0 Å². The second-order valence-corrected chi connectivity index (χ2v) is 7.46. The minimum absolute atomic E-state index is 0.0179. The van der Waals surface area contributed by atoms with Gasteiger partial charge in [0.2, 0.25) is 5.91 Å². The number of hydrogen-bond acceptors (Lipinski definition) is 4. The van der Waals surface area contributed by atoms with E-state index in [4.69, 9.17) is 9.47 Å². The van der Waals surface area contributed by atoms with Crippen molar-refractivity contribution in [1.82, 2.24) is 10.2 Å². The molecule has 6 heteroatoms. The van der Waals surface area contributed by atoms with Crippen LogP contribution in [-0.4, -0.2) is 44.6 Å². The van der Waals surface area contributed by atoms with Crippen LogP contribution in [0.2, 0.25) is 0 Å².